The molecule has 0 radical (unpaired) electrons. The van der Waals surface area contributed by atoms with Gasteiger partial charge in [-0.05, 0) is 32.1 Å². The van der Waals surface area contributed by atoms with Crippen LogP contribution >= 0.6 is 0 Å². The van der Waals surface area contributed by atoms with Crippen LogP contribution < -0.4 is 11.1 Å². The predicted octanol–water partition coefficient (Wildman–Crippen LogP) is 0.267. The summed E-state index contributed by atoms with van der Waals surface area (Å²) >= 11 is 0. The molecule has 1 rings (SSSR count). The van der Waals surface area contributed by atoms with Gasteiger partial charge < -0.3 is 15.8 Å². The van der Waals surface area contributed by atoms with Crippen molar-refractivity contribution in [2.24, 2.45) is 11.7 Å². The van der Waals surface area contributed by atoms with Gasteiger partial charge in [-0.25, -0.2) is 0 Å². The molecule has 1 fully saturated rings. The second kappa shape index (κ2) is 5.98. The van der Waals surface area contributed by atoms with Gasteiger partial charge in [0.2, 0.25) is 5.91 Å². The fourth-order valence-electron chi connectivity index (χ4n) is 1.60. The molecule has 0 unspecified atom stereocenters. The van der Waals surface area contributed by atoms with E-state index in [2.05, 4.69) is 5.32 Å². The maximum Gasteiger partial charge on any atom is 0.236 e. The van der Waals surface area contributed by atoms with E-state index in [4.69, 9.17) is 10.5 Å². The second-order valence-corrected chi connectivity index (χ2v) is 3.92. The summed E-state index contributed by atoms with van der Waals surface area (Å²) < 4.78 is 5.26. The topological polar surface area (TPSA) is 64.4 Å². The molecule has 1 heterocycles. The van der Waals surface area contributed by atoms with Crippen molar-refractivity contribution >= 4 is 5.91 Å². The van der Waals surface area contributed by atoms with Gasteiger partial charge in [-0.3, -0.25) is 4.79 Å². The van der Waals surface area contributed by atoms with Crippen LogP contribution in [0.25, 0.3) is 0 Å². The molecule has 1 atom stereocenters. The van der Waals surface area contributed by atoms with Crippen LogP contribution in [0.3, 0.4) is 0 Å². The summed E-state index contributed by atoms with van der Waals surface area (Å²) in [6, 6.07) is -0.398. The molecule has 0 bridgehead atoms. The Bertz CT molecular complexity index is 177. The zero-order valence-electron chi connectivity index (χ0n) is 8.79. The van der Waals surface area contributed by atoms with Crippen LogP contribution in [0.2, 0.25) is 0 Å². The first kappa shape index (κ1) is 11.5. The number of amides is 1. The van der Waals surface area contributed by atoms with Crippen molar-refractivity contribution < 1.29 is 9.53 Å². The van der Waals surface area contributed by atoms with Gasteiger partial charge in [0.1, 0.15) is 0 Å². The summed E-state index contributed by atoms with van der Waals surface area (Å²) in [5.41, 5.74) is 5.42. The van der Waals surface area contributed by atoms with Crippen LogP contribution in [0.15, 0.2) is 0 Å². The highest BCUT2D eigenvalue weighted by Gasteiger charge is 2.14. The average molecular weight is 200 g/mol. The number of hydrogen-bond acceptors (Lipinski definition) is 3. The van der Waals surface area contributed by atoms with E-state index in [0.29, 0.717) is 5.92 Å². The fourth-order valence-corrected chi connectivity index (χ4v) is 1.60. The molecule has 4 nitrogen and oxygen atoms in total. The Labute approximate surface area is 85.2 Å². The number of carbonyl (C=O) groups excluding carboxylic acids is 1. The van der Waals surface area contributed by atoms with E-state index >= 15 is 0 Å². The second-order valence-electron chi connectivity index (χ2n) is 3.92. The number of nitrogens with two attached hydrogens (primary N) is 1. The summed E-state index contributed by atoms with van der Waals surface area (Å²) in [7, 11) is 0. The molecule has 14 heavy (non-hydrogen) atoms. The maximum atomic E-state index is 11.1. The van der Waals surface area contributed by atoms with E-state index < -0.39 is 6.04 Å². The number of carbonyl (C=O) groups is 1. The number of rotatable bonds is 4. The Morgan fingerprint density at radius 2 is 2.21 bits per heavy atom. The van der Waals surface area contributed by atoms with Crippen molar-refractivity contribution in [2.75, 3.05) is 19.8 Å². The highest BCUT2D eigenvalue weighted by molar-refractivity contribution is 5.80. The molecule has 4 heteroatoms. The Morgan fingerprint density at radius 3 is 2.79 bits per heavy atom. The number of hydrogen-bond donors (Lipinski definition) is 2. The first-order valence-electron chi connectivity index (χ1n) is 5.31. The number of nitrogens with one attached hydrogen (secondary N) is 1. The van der Waals surface area contributed by atoms with E-state index in [0.717, 1.165) is 39.0 Å². The Hall–Kier alpha value is -0.610. The third-order valence-corrected chi connectivity index (χ3v) is 2.61. The van der Waals surface area contributed by atoms with Crippen molar-refractivity contribution in [3.8, 4) is 0 Å². The fraction of sp³-hybridized carbons (Fsp3) is 0.900. The summed E-state index contributed by atoms with van der Waals surface area (Å²) in [4.78, 5) is 11.1. The van der Waals surface area contributed by atoms with E-state index in [1.54, 1.807) is 6.92 Å². The third-order valence-electron chi connectivity index (χ3n) is 2.61. The molecule has 1 aliphatic rings. The molecule has 82 valence electrons. The standard InChI is InChI=1S/C10H20N2O2/c1-8(11)10(13)12-5-2-9-3-6-14-7-4-9/h8-9H,2-7,11H2,1H3,(H,12,13)/t8-/m1/s1. The first-order valence-corrected chi connectivity index (χ1v) is 5.31. The van der Waals surface area contributed by atoms with Gasteiger partial charge in [0.15, 0.2) is 0 Å². The largest absolute Gasteiger partial charge is 0.381 e. The molecule has 0 spiro atoms. The van der Waals surface area contributed by atoms with Crippen molar-refractivity contribution in [2.45, 2.75) is 32.2 Å². The van der Waals surface area contributed by atoms with Gasteiger partial charge in [0.05, 0.1) is 6.04 Å². The lowest BCUT2D eigenvalue weighted by Crippen LogP contribution is -2.39. The summed E-state index contributed by atoms with van der Waals surface area (Å²) in [6.45, 7) is 4.17. The molecule has 0 aromatic carbocycles. The average Bonchev–Trinajstić information content (AvgIpc) is 2.19. The third kappa shape index (κ3) is 4.07. The van der Waals surface area contributed by atoms with Gasteiger partial charge in [0, 0.05) is 19.8 Å². The molecule has 1 aliphatic heterocycles. The molecule has 0 aliphatic carbocycles. The maximum absolute atomic E-state index is 11.1. The van der Waals surface area contributed by atoms with Gasteiger partial charge in [0.25, 0.3) is 0 Å². The Kier molecular flexibility index (Phi) is 4.90. The quantitative estimate of drug-likeness (QED) is 0.684. The minimum atomic E-state index is -0.398. The summed E-state index contributed by atoms with van der Waals surface area (Å²) in [5.74, 6) is 0.647. The lowest BCUT2D eigenvalue weighted by atomic mass is 9.97. The van der Waals surface area contributed by atoms with Gasteiger partial charge >= 0.3 is 0 Å². The van der Waals surface area contributed by atoms with Crippen LogP contribution in [0, 0.1) is 5.92 Å². The minimum Gasteiger partial charge on any atom is -0.381 e. The molecule has 3 N–H and O–H groups in total. The van der Waals surface area contributed by atoms with Gasteiger partial charge in [-0.15, -0.1) is 0 Å². The smallest absolute Gasteiger partial charge is 0.236 e. The zero-order valence-corrected chi connectivity index (χ0v) is 8.79. The van der Waals surface area contributed by atoms with Crippen molar-refractivity contribution in [3.05, 3.63) is 0 Å². The minimum absolute atomic E-state index is 0.0583. The van der Waals surface area contributed by atoms with Crippen molar-refractivity contribution in [3.63, 3.8) is 0 Å². The molecule has 0 saturated carbocycles. The van der Waals surface area contributed by atoms with Gasteiger partial charge in [-0.1, -0.05) is 0 Å². The molecular weight excluding hydrogens is 180 g/mol. The Balaban J connectivity index is 2.05. The van der Waals surface area contributed by atoms with E-state index in [1.807, 2.05) is 0 Å². The monoisotopic (exact) mass is 200 g/mol. The SMILES string of the molecule is C[C@@H](N)C(=O)NCCC1CCOCC1. The zero-order chi connectivity index (χ0) is 10.4. The lowest BCUT2D eigenvalue weighted by molar-refractivity contribution is -0.122. The van der Waals surface area contributed by atoms with Crippen LogP contribution in [-0.4, -0.2) is 31.7 Å². The molecule has 1 amide bonds. The highest BCUT2D eigenvalue weighted by atomic mass is 16.5. The number of ether oxygens (including phenoxy) is 1. The lowest BCUT2D eigenvalue weighted by Gasteiger charge is -2.22. The van der Waals surface area contributed by atoms with Crippen LogP contribution in [-0.2, 0) is 9.53 Å². The summed E-state index contributed by atoms with van der Waals surface area (Å²) in [6.07, 6.45) is 3.28. The Morgan fingerprint density at radius 1 is 1.57 bits per heavy atom. The molecule has 0 aromatic rings. The highest BCUT2D eigenvalue weighted by Crippen LogP contribution is 2.17. The normalized spacial score (nSPS) is 20.4. The molecule has 1 saturated heterocycles. The van der Waals surface area contributed by atoms with Crippen LogP contribution in [0.4, 0.5) is 0 Å². The first-order chi connectivity index (χ1) is 6.70. The van der Waals surface area contributed by atoms with E-state index in [9.17, 15) is 4.79 Å². The summed E-state index contributed by atoms with van der Waals surface area (Å²) in [5, 5.41) is 2.82. The van der Waals surface area contributed by atoms with Gasteiger partial charge in [-0.2, -0.15) is 0 Å². The molecule has 0 aromatic heterocycles. The van der Waals surface area contributed by atoms with E-state index in [1.165, 1.54) is 0 Å². The van der Waals surface area contributed by atoms with Crippen molar-refractivity contribution in [1.82, 2.24) is 5.32 Å². The molecular formula is C10H20N2O2. The van der Waals surface area contributed by atoms with Crippen molar-refractivity contribution in [1.29, 1.82) is 0 Å². The van der Waals surface area contributed by atoms with Crippen LogP contribution in [0.1, 0.15) is 26.2 Å². The van der Waals surface area contributed by atoms with Crippen LogP contribution in [0.5, 0.6) is 0 Å². The van der Waals surface area contributed by atoms with E-state index in [-0.39, 0.29) is 5.91 Å². The predicted molar refractivity (Wildman–Crippen MR) is 54.8 cm³/mol.